The van der Waals surface area contributed by atoms with Gasteiger partial charge in [-0.15, -0.1) is 0 Å². The van der Waals surface area contributed by atoms with Crippen molar-refractivity contribution in [3.05, 3.63) is 53.1 Å². The van der Waals surface area contributed by atoms with E-state index in [9.17, 15) is 18.4 Å². The van der Waals surface area contributed by atoms with E-state index in [0.29, 0.717) is 16.9 Å². The average molecular weight is 318 g/mol. The summed E-state index contributed by atoms with van der Waals surface area (Å²) >= 11 is 0. The van der Waals surface area contributed by atoms with Crippen LogP contribution in [-0.4, -0.2) is 18.9 Å². The Kier molecular flexibility index (Phi) is 3.69. The van der Waals surface area contributed by atoms with Crippen molar-refractivity contribution in [3.8, 4) is 5.75 Å². The number of rotatable bonds is 3. The van der Waals surface area contributed by atoms with Crippen molar-refractivity contribution >= 4 is 23.2 Å². The molecule has 2 aromatic rings. The standard InChI is InChI=1S/C16H12F2N2O3/c1-23-10-6-11(17)15(12(18)7-10)16(22)19-9-2-3-13-8(4-9)5-14(21)20-13/h2-4,6-7H,5H2,1H3,(H,19,22)(H,20,21). The summed E-state index contributed by atoms with van der Waals surface area (Å²) in [4.78, 5) is 23.4. The van der Waals surface area contributed by atoms with Gasteiger partial charge in [-0.1, -0.05) is 0 Å². The van der Waals surface area contributed by atoms with Crippen LogP contribution in [-0.2, 0) is 11.2 Å². The van der Waals surface area contributed by atoms with Gasteiger partial charge in [0.05, 0.1) is 13.5 Å². The van der Waals surface area contributed by atoms with Crippen LogP contribution < -0.4 is 15.4 Å². The van der Waals surface area contributed by atoms with Crippen LogP contribution in [0.4, 0.5) is 20.2 Å². The number of carbonyl (C=O) groups excluding carboxylic acids is 2. The van der Waals surface area contributed by atoms with Crippen LogP contribution >= 0.6 is 0 Å². The van der Waals surface area contributed by atoms with Crippen LogP contribution in [0.3, 0.4) is 0 Å². The number of hydrogen-bond acceptors (Lipinski definition) is 3. The molecule has 0 aliphatic carbocycles. The Hall–Kier alpha value is -2.96. The third-order valence-electron chi connectivity index (χ3n) is 3.47. The highest BCUT2D eigenvalue weighted by molar-refractivity contribution is 6.05. The van der Waals surface area contributed by atoms with Crippen molar-refractivity contribution in [2.24, 2.45) is 0 Å². The van der Waals surface area contributed by atoms with E-state index >= 15 is 0 Å². The Morgan fingerprint density at radius 2 is 1.91 bits per heavy atom. The van der Waals surface area contributed by atoms with Gasteiger partial charge in [-0.25, -0.2) is 8.78 Å². The summed E-state index contributed by atoms with van der Waals surface area (Å²) in [6.45, 7) is 0. The quantitative estimate of drug-likeness (QED) is 0.914. The van der Waals surface area contributed by atoms with Gasteiger partial charge in [0.15, 0.2) is 0 Å². The lowest BCUT2D eigenvalue weighted by Gasteiger charge is -2.09. The van der Waals surface area contributed by atoms with Crippen molar-refractivity contribution in [2.75, 3.05) is 17.7 Å². The molecule has 0 spiro atoms. The van der Waals surface area contributed by atoms with Crippen molar-refractivity contribution < 1.29 is 23.1 Å². The Bertz CT molecular complexity index is 798. The predicted octanol–water partition coefficient (Wildman–Crippen LogP) is 2.72. The van der Waals surface area contributed by atoms with E-state index in [1.807, 2.05) is 0 Å². The molecule has 2 N–H and O–H groups in total. The van der Waals surface area contributed by atoms with Gasteiger partial charge in [-0.3, -0.25) is 9.59 Å². The van der Waals surface area contributed by atoms with Gasteiger partial charge >= 0.3 is 0 Å². The van der Waals surface area contributed by atoms with Crippen molar-refractivity contribution in [2.45, 2.75) is 6.42 Å². The zero-order chi connectivity index (χ0) is 16.6. The topological polar surface area (TPSA) is 67.4 Å². The first-order chi connectivity index (χ1) is 11.0. The highest BCUT2D eigenvalue weighted by Crippen LogP contribution is 2.27. The van der Waals surface area contributed by atoms with E-state index in [-0.39, 0.29) is 18.1 Å². The van der Waals surface area contributed by atoms with Gasteiger partial charge in [-0.2, -0.15) is 0 Å². The molecule has 3 rings (SSSR count). The third kappa shape index (κ3) is 2.85. The number of hydrogen-bond donors (Lipinski definition) is 2. The van der Waals surface area contributed by atoms with E-state index < -0.39 is 23.1 Å². The fourth-order valence-electron chi connectivity index (χ4n) is 2.39. The molecule has 0 radical (unpaired) electrons. The van der Waals surface area contributed by atoms with Crippen LogP contribution in [0.2, 0.25) is 0 Å². The number of ether oxygens (including phenoxy) is 1. The normalized spacial score (nSPS) is 12.6. The molecular formula is C16H12F2N2O3. The van der Waals surface area contributed by atoms with E-state index in [4.69, 9.17) is 4.74 Å². The highest BCUT2D eigenvalue weighted by Gasteiger charge is 2.21. The maximum atomic E-state index is 13.9. The molecule has 7 heteroatoms. The summed E-state index contributed by atoms with van der Waals surface area (Å²) in [5, 5.41) is 5.08. The van der Waals surface area contributed by atoms with Gasteiger partial charge in [-0.05, 0) is 23.8 Å². The lowest BCUT2D eigenvalue weighted by molar-refractivity contribution is -0.115. The van der Waals surface area contributed by atoms with Crippen molar-refractivity contribution in [3.63, 3.8) is 0 Å². The van der Waals surface area contributed by atoms with Gasteiger partial charge < -0.3 is 15.4 Å². The molecule has 118 valence electrons. The van der Waals surface area contributed by atoms with E-state index in [1.54, 1.807) is 18.2 Å². The third-order valence-corrected chi connectivity index (χ3v) is 3.47. The van der Waals surface area contributed by atoms with Crippen LogP contribution in [0.15, 0.2) is 30.3 Å². The minimum absolute atomic E-state index is 0.0151. The molecule has 0 aromatic heterocycles. The summed E-state index contributed by atoms with van der Waals surface area (Å²) in [6.07, 6.45) is 0.199. The molecule has 1 aliphatic rings. The number of carbonyl (C=O) groups is 2. The zero-order valence-electron chi connectivity index (χ0n) is 12.1. The predicted molar refractivity (Wildman–Crippen MR) is 79.6 cm³/mol. The molecule has 23 heavy (non-hydrogen) atoms. The summed E-state index contributed by atoms with van der Waals surface area (Å²) in [6, 6.07) is 6.62. The molecule has 0 unspecified atom stereocenters. The second kappa shape index (κ2) is 5.68. The molecule has 2 aromatic carbocycles. The fourth-order valence-corrected chi connectivity index (χ4v) is 2.39. The first-order valence-electron chi connectivity index (χ1n) is 6.75. The molecule has 0 atom stereocenters. The Labute approximate surface area is 130 Å². The van der Waals surface area contributed by atoms with Crippen LogP contribution in [0, 0.1) is 11.6 Å². The number of anilines is 2. The summed E-state index contributed by atoms with van der Waals surface area (Å²) < 4.78 is 32.5. The molecule has 1 heterocycles. The van der Waals surface area contributed by atoms with Crippen molar-refractivity contribution in [1.29, 1.82) is 0 Å². The van der Waals surface area contributed by atoms with Crippen LogP contribution in [0.5, 0.6) is 5.75 Å². The maximum Gasteiger partial charge on any atom is 0.261 e. The molecule has 5 nitrogen and oxygen atoms in total. The monoisotopic (exact) mass is 318 g/mol. The molecule has 0 fully saturated rings. The highest BCUT2D eigenvalue weighted by atomic mass is 19.1. The van der Waals surface area contributed by atoms with Crippen LogP contribution in [0.1, 0.15) is 15.9 Å². The minimum Gasteiger partial charge on any atom is -0.497 e. The maximum absolute atomic E-state index is 13.9. The van der Waals surface area contributed by atoms with Crippen LogP contribution in [0.25, 0.3) is 0 Å². The molecular weight excluding hydrogens is 306 g/mol. The Morgan fingerprint density at radius 1 is 1.22 bits per heavy atom. The smallest absolute Gasteiger partial charge is 0.261 e. The lowest BCUT2D eigenvalue weighted by atomic mass is 10.1. The number of amides is 2. The van der Waals surface area contributed by atoms with Gasteiger partial charge in [0.1, 0.15) is 22.9 Å². The largest absolute Gasteiger partial charge is 0.497 e. The Morgan fingerprint density at radius 3 is 2.57 bits per heavy atom. The number of benzene rings is 2. The van der Waals surface area contributed by atoms with Crippen molar-refractivity contribution in [1.82, 2.24) is 0 Å². The molecule has 1 aliphatic heterocycles. The second-order valence-corrected chi connectivity index (χ2v) is 5.02. The lowest BCUT2D eigenvalue weighted by Crippen LogP contribution is -2.16. The SMILES string of the molecule is COc1cc(F)c(C(=O)Nc2ccc3c(c2)CC(=O)N3)c(F)c1. The summed E-state index contributed by atoms with van der Waals surface area (Å²) in [5.41, 5.74) is 1.03. The van der Waals surface area contributed by atoms with Gasteiger partial charge in [0, 0.05) is 23.5 Å². The molecule has 0 saturated heterocycles. The van der Waals surface area contributed by atoms with Gasteiger partial charge in [0.2, 0.25) is 5.91 Å². The molecule has 2 amide bonds. The van der Waals surface area contributed by atoms with E-state index in [0.717, 1.165) is 12.1 Å². The zero-order valence-corrected chi connectivity index (χ0v) is 12.1. The number of methoxy groups -OCH3 is 1. The van der Waals surface area contributed by atoms with E-state index in [2.05, 4.69) is 10.6 Å². The van der Waals surface area contributed by atoms with E-state index in [1.165, 1.54) is 7.11 Å². The second-order valence-electron chi connectivity index (χ2n) is 5.02. The minimum atomic E-state index is -1.02. The van der Waals surface area contributed by atoms with Gasteiger partial charge in [0.25, 0.3) is 5.91 Å². The fraction of sp³-hybridized carbons (Fsp3) is 0.125. The number of halogens is 2. The molecule has 0 saturated carbocycles. The molecule has 0 bridgehead atoms. The summed E-state index contributed by atoms with van der Waals surface area (Å²) in [7, 11) is 1.27. The summed E-state index contributed by atoms with van der Waals surface area (Å²) in [5.74, 6) is -3.11. The Balaban J connectivity index is 1.86. The number of nitrogens with one attached hydrogen (secondary N) is 2. The first-order valence-corrected chi connectivity index (χ1v) is 6.75. The number of fused-ring (bicyclic) bond motifs is 1. The first kappa shape index (κ1) is 15.0. The average Bonchev–Trinajstić information content (AvgIpc) is 2.85.